The topological polar surface area (TPSA) is 46.5 Å². The molecular weight excluding hydrogens is 175 g/mol. The summed E-state index contributed by atoms with van der Waals surface area (Å²) in [4.78, 5) is 20.9. The van der Waals surface area contributed by atoms with Gasteiger partial charge in [-0.05, 0) is 19.3 Å². The number of ether oxygens (including phenoxy) is 1. The van der Waals surface area contributed by atoms with Gasteiger partial charge in [0.2, 0.25) is 0 Å². The second kappa shape index (κ2) is 4.20. The molecule has 0 saturated carbocycles. The van der Waals surface area contributed by atoms with E-state index in [0.717, 1.165) is 25.2 Å². The molecule has 1 saturated heterocycles. The Morgan fingerprint density at radius 2 is 2.00 bits per heavy atom. The van der Waals surface area contributed by atoms with Crippen LogP contribution in [-0.2, 0) is 9.53 Å². The van der Waals surface area contributed by atoms with Gasteiger partial charge in [0.05, 0.1) is 19.4 Å². The smallest absolute Gasteiger partial charge is 0.346 e. The minimum absolute atomic E-state index is 0.257. The van der Waals surface area contributed by atoms with Crippen molar-refractivity contribution in [1.82, 2.24) is 0 Å². The molecule has 4 heteroatoms. The fourth-order valence-electron chi connectivity index (χ4n) is 1.56. The highest BCUT2D eigenvalue weighted by atomic mass is 31.2. The SMILES string of the molecule is COC(=O)C[P+]1(O)CCCCC1. The molecule has 1 heterocycles. The molecular formula is C8H16O3P+. The molecule has 0 amide bonds. The minimum Gasteiger partial charge on any atom is -0.466 e. The van der Waals surface area contributed by atoms with Crippen LogP contribution in [0.4, 0.5) is 0 Å². The summed E-state index contributed by atoms with van der Waals surface area (Å²) >= 11 is 0. The van der Waals surface area contributed by atoms with Crippen LogP contribution in [-0.4, -0.2) is 36.5 Å². The number of carbonyl (C=O) groups excluding carboxylic acids is 1. The average molecular weight is 191 g/mol. The summed E-state index contributed by atoms with van der Waals surface area (Å²) in [6.45, 7) is 0. The number of hydrogen-bond acceptors (Lipinski definition) is 3. The maximum Gasteiger partial charge on any atom is 0.346 e. The molecule has 70 valence electrons. The van der Waals surface area contributed by atoms with E-state index in [9.17, 15) is 9.69 Å². The summed E-state index contributed by atoms with van der Waals surface area (Å²) in [5.41, 5.74) is 0. The standard InChI is InChI=1S/C8H16O3P/c1-11-8(9)7-12(10)5-3-2-4-6-12/h10H,2-7H2,1H3/q+1. The van der Waals surface area contributed by atoms with Crippen molar-refractivity contribution < 1.29 is 14.4 Å². The Morgan fingerprint density at radius 1 is 1.42 bits per heavy atom. The first-order valence-corrected chi connectivity index (χ1v) is 6.62. The fraction of sp³-hybridized carbons (Fsp3) is 0.875. The van der Waals surface area contributed by atoms with Gasteiger partial charge in [-0.2, -0.15) is 0 Å². The lowest BCUT2D eigenvalue weighted by Crippen LogP contribution is -2.18. The van der Waals surface area contributed by atoms with Gasteiger partial charge in [-0.15, -0.1) is 0 Å². The van der Waals surface area contributed by atoms with Crippen LogP contribution in [0.25, 0.3) is 0 Å². The monoisotopic (exact) mass is 191 g/mol. The minimum atomic E-state index is -1.91. The van der Waals surface area contributed by atoms with Gasteiger partial charge in [0, 0.05) is 0 Å². The third-order valence-electron chi connectivity index (χ3n) is 2.30. The molecule has 0 aromatic rings. The molecule has 0 aromatic heterocycles. The highest BCUT2D eigenvalue weighted by Gasteiger charge is 2.39. The van der Waals surface area contributed by atoms with Crippen LogP contribution in [0.3, 0.4) is 0 Å². The molecule has 0 unspecified atom stereocenters. The largest absolute Gasteiger partial charge is 0.466 e. The summed E-state index contributed by atoms with van der Waals surface area (Å²) < 4.78 is 4.55. The molecule has 1 N–H and O–H groups in total. The lowest BCUT2D eigenvalue weighted by atomic mass is 10.3. The average Bonchev–Trinajstić information content (AvgIpc) is 2.05. The summed E-state index contributed by atoms with van der Waals surface area (Å²) in [5.74, 6) is -0.257. The van der Waals surface area contributed by atoms with Crippen molar-refractivity contribution in [2.45, 2.75) is 19.3 Å². The van der Waals surface area contributed by atoms with Crippen LogP contribution >= 0.6 is 7.49 Å². The predicted octanol–water partition coefficient (Wildman–Crippen LogP) is 1.27. The maximum absolute atomic E-state index is 10.9. The van der Waals surface area contributed by atoms with E-state index < -0.39 is 7.49 Å². The third kappa shape index (κ3) is 2.72. The zero-order valence-electron chi connectivity index (χ0n) is 7.45. The van der Waals surface area contributed by atoms with E-state index in [0.29, 0.717) is 0 Å². The van der Waals surface area contributed by atoms with Gasteiger partial charge in [-0.1, -0.05) is 0 Å². The quantitative estimate of drug-likeness (QED) is 0.528. The van der Waals surface area contributed by atoms with Crippen LogP contribution in [0.1, 0.15) is 19.3 Å². The third-order valence-corrected chi connectivity index (χ3v) is 5.44. The molecule has 1 aliphatic rings. The zero-order chi connectivity index (χ0) is 9.03. The highest BCUT2D eigenvalue weighted by molar-refractivity contribution is 7.71. The first-order valence-electron chi connectivity index (χ1n) is 4.32. The van der Waals surface area contributed by atoms with E-state index in [1.165, 1.54) is 13.5 Å². The second-order valence-corrected chi connectivity index (χ2v) is 6.74. The van der Waals surface area contributed by atoms with Gasteiger partial charge in [-0.25, -0.2) is 4.79 Å². The molecule has 1 fully saturated rings. The van der Waals surface area contributed by atoms with E-state index in [1.54, 1.807) is 0 Å². The Labute approximate surface area is 73.5 Å². The van der Waals surface area contributed by atoms with Gasteiger partial charge in [0.25, 0.3) is 0 Å². The number of esters is 1. The molecule has 1 rings (SSSR count). The van der Waals surface area contributed by atoms with E-state index in [1.807, 2.05) is 0 Å². The van der Waals surface area contributed by atoms with Crippen molar-refractivity contribution in [3.8, 4) is 0 Å². The molecule has 1 aliphatic heterocycles. The molecule has 0 aliphatic carbocycles. The van der Waals surface area contributed by atoms with Gasteiger partial charge >= 0.3 is 5.97 Å². The first kappa shape index (κ1) is 9.94. The predicted molar refractivity (Wildman–Crippen MR) is 49.6 cm³/mol. The van der Waals surface area contributed by atoms with Crippen molar-refractivity contribution in [3.05, 3.63) is 0 Å². The summed E-state index contributed by atoms with van der Waals surface area (Å²) in [5, 5.41) is 0. The van der Waals surface area contributed by atoms with Crippen LogP contribution in [0.2, 0.25) is 0 Å². The van der Waals surface area contributed by atoms with E-state index in [-0.39, 0.29) is 12.1 Å². The summed E-state index contributed by atoms with van der Waals surface area (Å²) in [6.07, 6.45) is 5.31. The van der Waals surface area contributed by atoms with E-state index in [4.69, 9.17) is 0 Å². The Kier molecular flexibility index (Phi) is 3.48. The van der Waals surface area contributed by atoms with Crippen molar-refractivity contribution in [3.63, 3.8) is 0 Å². The van der Waals surface area contributed by atoms with Crippen LogP contribution < -0.4 is 0 Å². The van der Waals surface area contributed by atoms with Crippen LogP contribution in [0, 0.1) is 0 Å². The summed E-state index contributed by atoms with van der Waals surface area (Å²) in [7, 11) is -0.537. The maximum atomic E-state index is 10.9. The van der Waals surface area contributed by atoms with E-state index >= 15 is 0 Å². The highest BCUT2D eigenvalue weighted by Crippen LogP contribution is 2.58. The molecule has 0 spiro atoms. The normalized spacial score (nSPS) is 21.8. The van der Waals surface area contributed by atoms with Crippen molar-refractivity contribution >= 4 is 13.5 Å². The Morgan fingerprint density at radius 3 is 2.50 bits per heavy atom. The lowest BCUT2D eigenvalue weighted by molar-refractivity contribution is -0.137. The number of hydrogen-bond donors (Lipinski definition) is 1. The Bertz CT molecular complexity index is 164. The number of carbonyl (C=O) groups is 1. The van der Waals surface area contributed by atoms with Crippen molar-refractivity contribution in [2.75, 3.05) is 25.6 Å². The van der Waals surface area contributed by atoms with Crippen molar-refractivity contribution in [1.29, 1.82) is 0 Å². The lowest BCUT2D eigenvalue weighted by Gasteiger charge is -2.22. The number of methoxy groups -OCH3 is 1. The zero-order valence-corrected chi connectivity index (χ0v) is 8.35. The van der Waals surface area contributed by atoms with Crippen LogP contribution in [0.15, 0.2) is 0 Å². The summed E-state index contributed by atoms with van der Waals surface area (Å²) in [6, 6.07) is 0. The first-order chi connectivity index (χ1) is 5.66. The van der Waals surface area contributed by atoms with Gasteiger partial charge in [0.15, 0.2) is 13.7 Å². The van der Waals surface area contributed by atoms with Gasteiger partial charge in [0.1, 0.15) is 0 Å². The van der Waals surface area contributed by atoms with E-state index in [2.05, 4.69) is 4.74 Å². The molecule has 3 nitrogen and oxygen atoms in total. The van der Waals surface area contributed by atoms with Gasteiger partial charge in [-0.3, -0.25) is 4.89 Å². The second-order valence-electron chi connectivity index (χ2n) is 3.34. The Balaban J connectivity index is 2.41. The van der Waals surface area contributed by atoms with Crippen LogP contribution in [0.5, 0.6) is 0 Å². The van der Waals surface area contributed by atoms with Gasteiger partial charge < -0.3 is 4.74 Å². The number of rotatable bonds is 2. The molecule has 0 aromatic carbocycles. The fourth-order valence-corrected chi connectivity index (χ4v) is 4.34. The molecule has 0 radical (unpaired) electrons. The molecule has 12 heavy (non-hydrogen) atoms. The molecule has 0 atom stereocenters. The van der Waals surface area contributed by atoms with Crippen molar-refractivity contribution in [2.24, 2.45) is 0 Å². The molecule has 0 bridgehead atoms. The Hall–Kier alpha value is -0.140.